The van der Waals surface area contributed by atoms with Crippen LogP contribution in [0.3, 0.4) is 0 Å². The van der Waals surface area contributed by atoms with Crippen molar-refractivity contribution in [3.63, 3.8) is 0 Å². The van der Waals surface area contributed by atoms with E-state index in [1.807, 2.05) is 36.1 Å². The first-order chi connectivity index (χ1) is 9.85. The third-order valence-electron chi connectivity index (χ3n) is 4.59. The van der Waals surface area contributed by atoms with Crippen molar-refractivity contribution < 1.29 is 9.53 Å². The smallest absolute Gasteiger partial charge is 0.229 e. The van der Waals surface area contributed by atoms with Gasteiger partial charge in [-0.3, -0.25) is 4.79 Å². The van der Waals surface area contributed by atoms with Crippen LogP contribution in [-0.4, -0.2) is 37.0 Å². The van der Waals surface area contributed by atoms with E-state index in [0.717, 1.165) is 30.8 Å². The van der Waals surface area contributed by atoms with Crippen molar-refractivity contribution in [2.45, 2.75) is 39.2 Å². The molecule has 0 saturated carbocycles. The van der Waals surface area contributed by atoms with Gasteiger partial charge in [-0.1, -0.05) is 26.0 Å². The Morgan fingerprint density at radius 2 is 2.14 bits per heavy atom. The molecule has 4 nitrogen and oxygen atoms in total. The molecule has 22 heavy (non-hydrogen) atoms. The first kappa shape index (κ1) is 18.8. The Morgan fingerprint density at radius 1 is 1.45 bits per heavy atom. The van der Waals surface area contributed by atoms with Crippen LogP contribution in [0.1, 0.15) is 38.7 Å². The Kier molecular flexibility index (Phi) is 6.27. The zero-order valence-corrected chi connectivity index (χ0v) is 14.7. The van der Waals surface area contributed by atoms with Gasteiger partial charge < -0.3 is 15.4 Å². The number of likely N-dealkylation sites (tertiary alicyclic amines) is 1. The summed E-state index contributed by atoms with van der Waals surface area (Å²) in [6.45, 7) is 7.69. The van der Waals surface area contributed by atoms with Crippen LogP contribution in [0.2, 0.25) is 0 Å². The molecule has 1 aromatic carbocycles. The first-order valence-corrected chi connectivity index (χ1v) is 7.53. The molecule has 1 aliphatic heterocycles. The maximum absolute atomic E-state index is 12.7. The van der Waals surface area contributed by atoms with Crippen LogP contribution in [0.15, 0.2) is 24.3 Å². The normalized spacial score (nSPS) is 21.7. The van der Waals surface area contributed by atoms with Crippen LogP contribution in [0.25, 0.3) is 0 Å². The van der Waals surface area contributed by atoms with Crippen LogP contribution < -0.4 is 10.5 Å². The van der Waals surface area contributed by atoms with Gasteiger partial charge in [-0.25, -0.2) is 0 Å². The number of piperidine rings is 1. The molecule has 0 aromatic heterocycles. The molecule has 2 unspecified atom stereocenters. The molecule has 5 heteroatoms. The number of hydrogen-bond acceptors (Lipinski definition) is 3. The Bertz CT molecular complexity index is 519. The predicted octanol–water partition coefficient (Wildman–Crippen LogP) is 2.81. The number of carbonyl (C=O) groups is 1. The minimum absolute atomic E-state index is 0. The molecule has 1 saturated heterocycles. The van der Waals surface area contributed by atoms with E-state index in [0.29, 0.717) is 0 Å². The topological polar surface area (TPSA) is 55.6 Å². The van der Waals surface area contributed by atoms with E-state index < -0.39 is 0 Å². The van der Waals surface area contributed by atoms with Gasteiger partial charge in [-0.2, -0.15) is 0 Å². The summed E-state index contributed by atoms with van der Waals surface area (Å²) in [5.41, 5.74) is 7.11. The lowest BCUT2D eigenvalue weighted by Crippen LogP contribution is -2.54. The number of methoxy groups -OCH3 is 1. The van der Waals surface area contributed by atoms with Crippen molar-refractivity contribution in [1.29, 1.82) is 0 Å². The number of nitrogens with zero attached hydrogens (tertiary/aromatic N) is 1. The third-order valence-corrected chi connectivity index (χ3v) is 4.59. The van der Waals surface area contributed by atoms with Crippen molar-refractivity contribution in [3.8, 4) is 5.75 Å². The standard InChI is InChI=1S/C17H26N2O2.ClH/c1-12(13-6-5-7-14(10-13)21-4)16(20)19-9-8-15(18)17(2,3)11-19;/h5-7,10,12,15H,8-9,11,18H2,1-4H3;1H. The molecule has 0 bridgehead atoms. The van der Waals surface area contributed by atoms with Crippen LogP contribution in [0.5, 0.6) is 5.75 Å². The fourth-order valence-electron chi connectivity index (χ4n) is 2.89. The lowest BCUT2D eigenvalue weighted by Gasteiger charge is -2.43. The molecule has 124 valence electrons. The lowest BCUT2D eigenvalue weighted by molar-refractivity contribution is -0.135. The highest BCUT2D eigenvalue weighted by atomic mass is 35.5. The highest BCUT2D eigenvalue weighted by Crippen LogP contribution is 2.30. The zero-order valence-electron chi connectivity index (χ0n) is 13.8. The van der Waals surface area contributed by atoms with Gasteiger partial charge in [-0.15, -0.1) is 12.4 Å². The van der Waals surface area contributed by atoms with Crippen LogP contribution in [-0.2, 0) is 4.79 Å². The maximum Gasteiger partial charge on any atom is 0.229 e. The second kappa shape index (κ2) is 7.34. The molecule has 1 fully saturated rings. The summed E-state index contributed by atoms with van der Waals surface area (Å²) in [7, 11) is 1.64. The average Bonchev–Trinajstić information content (AvgIpc) is 2.48. The van der Waals surface area contributed by atoms with Crippen molar-refractivity contribution in [2.75, 3.05) is 20.2 Å². The molecule has 0 spiro atoms. The van der Waals surface area contributed by atoms with E-state index in [1.54, 1.807) is 7.11 Å². The third kappa shape index (κ3) is 3.93. The van der Waals surface area contributed by atoms with E-state index in [4.69, 9.17) is 10.5 Å². The number of hydrogen-bond donors (Lipinski definition) is 1. The van der Waals surface area contributed by atoms with Gasteiger partial charge in [0.1, 0.15) is 5.75 Å². The quantitative estimate of drug-likeness (QED) is 0.929. The van der Waals surface area contributed by atoms with Crippen LogP contribution >= 0.6 is 12.4 Å². The number of ether oxygens (including phenoxy) is 1. The number of nitrogens with two attached hydrogens (primary N) is 1. The average molecular weight is 327 g/mol. The Hall–Kier alpha value is -1.26. The van der Waals surface area contributed by atoms with Gasteiger partial charge in [0, 0.05) is 19.1 Å². The monoisotopic (exact) mass is 326 g/mol. The highest BCUT2D eigenvalue weighted by Gasteiger charge is 2.36. The van der Waals surface area contributed by atoms with Gasteiger partial charge in [-0.05, 0) is 36.5 Å². The minimum atomic E-state index is -0.162. The summed E-state index contributed by atoms with van der Waals surface area (Å²) in [5.74, 6) is 0.793. The molecule has 1 heterocycles. The van der Waals surface area contributed by atoms with Gasteiger partial charge >= 0.3 is 0 Å². The summed E-state index contributed by atoms with van der Waals surface area (Å²) < 4.78 is 5.24. The van der Waals surface area contributed by atoms with Crippen LogP contribution in [0.4, 0.5) is 0 Å². The maximum atomic E-state index is 12.7. The summed E-state index contributed by atoms with van der Waals surface area (Å²) in [5, 5.41) is 0. The molecule has 2 rings (SSSR count). The molecular formula is C17H27ClN2O2. The molecular weight excluding hydrogens is 300 g/mol. The molecule has 2 atom stereocenters. The predicted molar refractivity (Wildman–Crippen MR) is 91.6 cm³/mol. The van der Waals surface area contributed by atoms with Crippen LogP contribution in [0, 0.1) is 5.41 Å². The Morgan fingerprint density at radius 3 is 2.73 bits per heavy atom. The molecule has 1 aliphatic rings. The van der Waals surface area contributed by atoms with Gasteiger partial charge in [0.05, 0.1) is 13.0 Å². The van der Waals surface area contributed by atoms with E-state index in [2.05, 4.69) is 13.8 Å². The molecule has 1 aromatic rings. The Balaban J connectivity index is 0.00000242. The minimum Gasteiger partial charge on any atom is -0.497 e. The molecule has 0 radical (unpaired) electrons. The van der Waals surface area contributed by atoms with E-state index in [1.165, 1.54) is 0 Å². The van der Waals surface area contributed by atoms with E-state index in [-0.39, 0.29) is 35.7 Å². The van der Waals surface area contributed by atoms with Crippen molar-refractivity contribution in [3.05, 3.63) is 29.8 Å². The van der Waals surface area contributed by atoms with Gasteiger partial charge in [0.15, 0.2) is 0 Å². The van der Waals surface area contributed by atoms with Gasteiger partial charge in [0.2, 0.25) is 5.91 Å². The number of amides is 1. The van der Waals surface area contributed by atoms with E-state index in [9.17, 15) is 4.79 Å². The number of carbonyl (C=O) groups excluding carboxylic acids is 1. The van der Waals surface area contributed by atoms with E-state index >= 15 is 0 Å². The largest absolute Gasteiger partial charge is 0.497 e. The van der Waals surface area contributed by atoms with Crippen molar-refractivity contribution in [2.24, 2.45) is 11.1 Å². The second-order valence-electron chi connectivity index (χ2n) is 6.64. The summed E-state index contributed by atoms with van der Waals surface area (Å²) in [6.07, 6.45) is 0.865. The first-order valence-electron chi connectivity index (χ1n) is 7.53. The van der Waals surface area contributed by atoms with Gasteiger partial charge in [0.25, 0.3) is 0 Å². The molecule has 2 N–H and O–H groups in total. The molecule has 1 amide bonds. The number of rotatable bonds is 3. The highest BCUT2D eigenvalue weighted by molar-refractivity contribution is 5.85. The summed E-state index contributed by atoms with van der Waals surface area (Å²) in [4.78, 5) is 14.7. The molecule has 0 aliphatic carbocycles. The SMILES string of the molecule is COc1cccc(C(C)C(=O)N2CCC(N)C(C)(C)C2)c1.Cl. The lowest BCUT2D eigenvalue weighted by atomic mass is 9.79. The fourth-order valence-corrected chi connectivity index (χ4v) is 2.89. The fraction of sp³-hybridized carbons (Fsp3) is 0.588. The second-order valence-corrected chi connectivity index (χ2v) is 6.64. The summed E-state index contributed by atoms with van der Waals surface area (Å²) in [6, 6.07) is 7.89. The number of benzene rings is 1. The van der Waals surface area contributed by atoms with Crippen molar-refractivity contribution in [1.82, 2.24) is 4.90 Å². The number of halogens is 1. The zero-order chi connectivity index (χ0) is 15.6. The summed E-state index contributed by atoms with van der Waals surface area (Å²) >= 11 is 0. The Labute approximate surface area is 139 Å². The van der Waals surface area contributed by atoms with Crippen molar-refractivity contribution >= 4 is 18.3 Å².